The van der Waals surface area contributed by atoms with Gasteiger partial charge in [-0.15, -0.1) is 0 Å². The van der Waals surface area contributed by atoms with Crippen LogP contribution in [0.1, 0.15) is 28.8 Å². The molecule has 1 saturated heterocycles. The smallest absolute Gasteiger partial charge is 0.250 e. The van der Waals surface area contributed by atoms with Gasteiger partial charge >= 0.3 is 0 Å². The van der Waals surface area contributed by atoms with E-state index in [1.165, 1.54) is 27.8 Å². The first-order chi connectivity index (χ1) is 16.2. The Bertz CT molecular complexity index is 1290. The lowest BCUT2D eigenvalue weighted by molar-refractivity contribution is -0.138. The number of nitrogens with zero attached hydrogens (tertiary/aromatic N) is 2. The number of benzene rings is 2. The van der Waals surface area contributed by atoms with Crippen molar-refractivity contribution in [1.29, 1.82) is 0 Å². The lowest BCUT2D eigenvalue weighted by Crippen LogP contribution is -2.42. The van der Waals surface area contributed by atoms with Gasteiger partial charge in [0.1, 0.15) is 18.5 Å². The number of carbonyl (C=O) groups is 3. The Balaban J connectivity index is 1.51. The molecule has 2 N–H and O–H groups in total. The van der Waals surface area contributed by atoms with Crippen LogP contribution in [-0.4, -0.2) is 45.8 Å². The zero-order valence-corrected chi connectivity index (χ0v) is 19.5. The van der Waals surface area contributed by atoms with Gasteiger partial charge in [0, 0.05) is 35.0 Å². The van der Waals surface area contributed by atoms with Gasteiger partial charge in [-0.1, -0.05) is 35.3 Å². The highest BCUT2D eigenvalue weighted by molar-refractivity contribution is 6.31. The summed E-state index contributed by atoms with van der Waals surface area (Å²) < 4.78 is 29.9. The molecule has 6 nitrogen and oxygen atoms in total. The van der Waals surface area contributed by atoms with Gasteiger partial charge in [-0.3, -0.25) is 14.4 Å². The van der Waals surface area contributed by atoms with E-state index in [-0.39, 0.29) is 54.3 Å². The van der Waals surface area contributed by atoms with Crippen molar-refractivity contribution in [3.8, 4) is 0 Å². The molecule has 4 rings (SSSR count). The van der Waals surface area contributed by atoms with E-state index in [2.05, 4.69) is 0 Å². The Hall–Kier alpha value is -2.97. The lowest BCUT2D eigenvalue weighted by Gasteiger charge is -2.24. The summed E-state index contributed by atoms with van der Waals surface area (Å²) in [6.07, 6.45) is 0.0169. The Kier molecular flexibility index (Phi) is 6.91. The molecule has 10 heteroatoms. The van der Waals surface area contributed by atoms with Crippen molar-refractivity contribution in [3.05, 3.63) is 69.6 Å². The second-order valence-electron chi connectivity index (χ2n) is 8.27. The van der Waals surface area contributed by atoms with Crippen LogP contribution < -0.4 is 5.73 Å². The van der Waals surface area contributed by atoms with Crippen molar-refractivity contribution < 1.29 is 23.2 Å². The Morgan fingerprint density at radius 3 is 2.65 bits per heavy atom. The number of Topliss-reactive ketones (excluding diaryl/α,β-unsaturated/α-hetero) is 1. The minimum atomic E-state index is -1.35. The molecule has 1 aliphatic rings. The number of aromatic nitrogens is 1. The molecule has 2 amide bonds. The van der Waals surface area contributed by atoms with Crippen molar-refractivity contribution >= 4 is 51.7 Å². The fourth-order valence-electron chi connectivity index (χ4n) is 4.36. The molecular formula is C24H21Cl2F2N3O3. The van der Waals surface area contributed by atoms with Crippen LogP contribution in [0.2, 0.25) is 10.0 Å². The molecule has 0 unspecified atom stereocenters. The van der Waals surface area contributed by atoms with E-state index in [9.17, 15) is 23.2 Å². The van der Waals surface area contributed by atoms with E-state index in [0.29, 0.717) is 15.9 Å². The third kappa shape index (κ3) is 4.79. The first-order valence-electron chi connectivity index (χ1n) is 10.6. The fourth-order valence-corrected chi connectivity index (χ4v) is 4.73. The highest BCUT2D eigenvalue weighted by Gasteiger charge is 2.39. The van der Waals surface area contributed by atoms with Crippen LogP contribution in [0.15, 0.2) is 42.6 Å². The third-order valence-electron chi connectivity index (χ3n) is 6.03. The van der Waals surface area contributed by atoms with Crippen LogP contribution in [0, 0.1) is 5.82 Å². The van der Waals surface area contributed by atoms with E-state index >= 15 is 0 Å². The van der Waals surface area contributed by atoms with Gasteiger partial charge in [-0.05, 0) is 36.2 Å². The normalized spacial score (nSPS) is 17.9. The summed E-state index contributed by atoms with van der Waals surface area (Å²) >= 11 is 11.8. The minimum Gasteiger partial charge on any atom is -0.366 e. The van der Waals surface area contributed by atoms with E-state index in [1.54, 1.807) is 24.3 Å². The fraction of sp³-hybridized carbons (Fsp3) is 0.292. The number of carbonyl (C=O) groups excluding carboxylic acids is 3. The van der Waals surface area contributed by atoms with Crippen molar-refractivity contribution in [2.75, 3.05) is 6.54 Å². The number of halogens is 4. The predicted molar refractivity (Wildman–Crippen MR) is 125 cm³/mol. The summed E-state index contributed by atoms with van der Waals surface area (Å²) in [5.41, 5.74) is 6.50. The van der Waals surface area contributed by atoms with Gasteiger partial charge in [-0.25, -0.2) is 8.78 Å². The molecule has 0 saturated carbocycles. The molecule has 34 heavy (non-hydrogen) atoms. The van der Waals surface area contributed by atoms with Gasteiger partial charge in [0.05, 0.1) is 23.2 Å². The number of likely N-dealkylation sites (tertiary alicyclic amines) is 1. The maximum atomic E-state index is 14.3. The van der Waals surface area contributed by atoms with Gasteiger partial charge < -0.3 is 15.2 Å². The number of amides is 2. The first kappa shape index (κ1) is 24.2. The zero-order valence-electron chi connectivity index (χ0n) is 17.9. The number of ketones is 1. The molecular weight excluding hydrogens is 487 g/mol. The van der Waals surface area contributed by atoms with Crippen molar-refractivity contribution in [2.45, 2.75) is 38.0 Å². The standard InChI is InChI=1S/C24H21Cl2F2N3O3/c25-14-5-6-19-16(8-14)17(24(29)34)11-30(19)12-22(33)31-10-15(27)9-20(31)21(32)7-4-13-2-1-3-18(26)23(13)28/h1-3,5-6,8,11,15,20H,4,7,9-10,12H2,(H2,29,34)/t15-,20+/m1/s1. The highest BCUT2D eigenvalue weighted by atomic mass is 35.5. The second-order valence-corrected chi connectivity index (χ2v) is 9.11. The number of hydrogen-bond donors (Lipinski definition) is 1. The van der Waals surface area contributed by atoms with E-state index < -0.39 is 29.8 Å². The molecule has 3 aromatic rings. The van der Waals surface area contributed by atoms with Crippen LogP contribution >= 0.6 is 23.2 Å². The van der Waals surface area contributed by atoms with E-state index in [0.717, 1.165) is 0 Å². The summed E-state index contributed by atoms with van der Waals surface area (Å²) in [7, 11) is 0. The molecule has 2 heterocycles. The SMILES string of the molecule is NC(=O)c1cn(CC(=O)N2C[C@H](F)C[C@H]2C(=O)CCc2cccc(Cl)c2F)c2ccc(Cl)cc12. The average Bonchev–Trinajstić information content (AvgIpc) is 3.35. The van der Waals surface area contributed by atoms with Crippen molar-refractivity contribution in [3.63, 3.8) is 0 Å². The van der Waals surface area contributed by atoms with Crippen LogP contribution in [0.25, 0.3) is 10.9 Å². The molecule has 1 fully saturated rings. The summed E-state index contributed by atoms with van der Waals surface area (Å²) in [6, 6.07) is 8.43. The number of aryl methyl sites for hydroxylation is 1. The summed E-state index contributed by atoms with van der Waals surface area (Å²) in [6.45, 7) is -0.431. The monoisotopic (exact) mass is 507 g/mol. The zero-order chi connectivity index (χ0) is 24.6. The number of fused-ring (bicyclic) bond motifs is 1. The lowest BCUT2D eigenvalue weighted by atomic mass is 10.0. The largest absolute Gasteiger partial charge is 0.366 e. The number of primary amides is 1. The molecule has 1 aliphatic heterocycles. The number of nitrogens with two attached hydrogens (primary N) is 1. The van der Waals surface area contributed by atoms with Gasteiger partial charge in [0.15, 0.2) is 5.78 Å². The molecule has 1 aromatic heterocycles. The topological polar surface area (TPSA) is 85.4 Å². The molecule has 2 atom stereocenters. The van der Waals surface area contributed by atoms with Gasteiger partial charge in [-0.2, -0.15) is 0 Å². The van der Waals surface area contributed by atoms with Crippen molar-refractivity contribution in [1.82, 2.24) is 9.47 Å². The van der Waals surface area contributed by atoms with E-state index in [4.69, 9.17) is 28.9 Å². The molecule has 0 aliphatic carbocycles. The van der Waals surface area contributed by atoms with Crippen LogP contribution in [-0.2, 0) is 22.6 Å². The van der Waals surface area contributed by atoms with Crippen LogP contribution in [0.5, 0.6) is 0 Å². The maximum Gasteiger partial charge on any atom is 0.250 e. The molecule has 0 radical (unpaired) electrons. The quantitative estimate of drug-likeness (QED) is 0.516. The van der Waals surface area contributed by atoms with Crippen LogP contribution in [0.3, 0.4) is 0 Å². The van der Waals surface area contributed by atoms with E-state index in [1.807, 2.05) is 0 Å². The number of rotatable bonds is 7. The Morgan fingerprint density at radius 2 is 1.91 bits per heavy atom. The highest BCUT2D eigenvalue weighted by Crippen LogP contribution is 2.27. The summed E-state index contributed by atoms with van der Waals surface area (Å²) in [5.74, 6) is -2.10. The number of hydrogen-bond acceptors (Lipinski definition) is 3. The molecule has 0 bridgehead atoms. The van der Waals surface area contributed by atoms with Crippen molar-refractivity contribution in [2.24, 2.45) is 5.73 Å². The molecule has 0 spiro atoms. The first-order valence-corrected chi connectivity index (χ1v) is 11.4. The third-order valence-corrected chi connectivity index (χ3v) is 6.56. The molecule has 2 aromatic carbocycles. The number of alkyl halides is 1. The molecule has 178 valence electrons. The van der Waals surface area contributed by atoms with Gasteiger partial charge in [0.25, 0.3) is 5.91 Å². The summed E-state index contributed by atoms with van der Waals surface area (Å²) in [4.78, 5) is 39.0. The Labute approximate surface area is 204 Å². The van der Waals surface area contributed by atoms with Gasteiger partial charge in [0.2, 0.25) is 5.91 Å². The summed E-state index contributed by atoms with van der Waals surface area (Å²) in [5, 5.41) is 0.858. The predicted octanol–water partition coefficient (Wildman–Crippen LogP) is 4.33. The average molecular weight is 508 g/mol. The maximum absolute atomic E-state index is 14.3. The van der Waals surface area contributed by atoms with Crippen LogP contribution in [0.4, 0.5) is 8.78 Å². The second kappa shape index (κ2) is 9.72. The minimum absolute atomic E-state index is 0.0398. The Morgan fingerprint density at radius 1 is 1.15 bits per heavy atom.